The maximum atomic E-state index is 12.0. The Hall–Kier alpha value is -0.410. The summed E-state index contributed by atoms with van der Waals surface area (Å²) in [7, 11) is 1.71. The second-order valence-corrected chi connectivity index (χ2v) is 5.40. The molecule has 17 heavy (non-hydrogen) atoms. The molecule has 0 N–H and O–H groups in total. The third kappa shape index (κ3) is 2.71. The lowest BCUT2D eigenvalue weighted by Crippen LogP contribution is -2.55. The van der Waals surface area contributed by atoms with Crippen molar-refractivity contribution in [3.8, 4) is 0 Å². The highest BCUT2D eigenvalue weighted by molar-refractivity contribution is 5.92. The Morgan fingerprint density at radius 1 is 1.18 bits per heavy atom. The molecule has 0 saturated heterocycles. The molecule has 0 aromatic rings. The zero-order valence-corrected chi connectivity index (χ0v) is 10.9. The molecule has 0 radical (unpaired) electrons. The van der Waals surface area contributed by atoms with Gasteiger partial charge in [0, 0.05) is 26.7 Å². The normalized spacial score (nSPS) is 27.8. The zero-order valence-electron chi connectivity index (χ0n) is 10.9. The SMILES string of the molecule is COCCCOC1CC(=O)C12CCCCCC2. The number of carbonyl (C=O) groups is 1. The fraction of sp³-hybridized carbons (Fsp3) is 0.929. The Bertz CT molecular complexity index is 254. The number of hydrogen-bond acceptors (Lipinski definition) is 3. The summed E-state index contributed by atoms with van der Waals surface area (Å²) in [5.41, 5.74) is -0.0937. The van der Waals surface area contributed by atoms with Gasteiger partial charge in [-0.05, 0) is 19.3 Å². The maximum absolute atomic E-state index is 12.0. The Balaban J connectivity index is 1.83. The van der Waals surface area contributed by atoms with Crippen molar-refractivity contribution in [3.63, 3.8) is 0 Å². The van der Waals surface area contributed by atoms with E-state index in [-0.39, 0.29) is 11.5 Å². The minimum Gasteiger partial charge on any atom is -0.385 e. The van der Waals surface area contributed by atoms with E-state index in [9.17, 15) is 4.79 Å². The van der Waals surface area contributed by atoms with E-state index >= 15 is 0 Å². The molecule has 2 rings (SSSR count). The van der Waals surface area contributed by atoms with Crippen LogP contribution in [0.4, 0.5) is 0 Å². The van der Waals surface area contributed by atoms with Gasteiger partial charge in [0.1, 0.15) is 5.78 Å². The first-order valence-electron chi connectivity index (χ1n) is 6.93. The summed E-state index contributed by atoms with van der Waals surface area (Å²) < 4.78 is 10.9. The molecule has 1 spiro atoms. The molecule has 2 aliphatic rings. The molecular formula is C14H24O3. The lowest BCUT2D eigenvalue weighted by molar-refractivity contribution is -0.166. The second-order valence-electron chi connectivity index (χ2n) is 5.40. The highest BCUT2D eigenvalue weighted by Crippen LogP contribution is 2.49. The number of ketones is 1. The minimum absolute atomic E-state index is 0.0937. The van der Waals surface area contributed by atoms with Gasteiger partial charge in [0.2, 0.25) is 0 Å². The summed E-state index contributed by atoms with van der Waals surface area (Å²) in [5.74, 6) is 0.455. The lowest BCUT2D eigenvalue weighted by Gasteiger charge is -2.47. The Labute approximate surface area is 104 Å². The number of rotatable bonds is 5. The van der Waals surface area contributed by atoms with Gasteiger partial charge in [-0.1, -0.05) is 25.7 Å². The summed E-state index contributed by atoms with van der Waals surface area (Å²) in [6.07, 6.45) is 8.85. The predicted molar refractivity (Wildman–Crippen MR) is 66.0 cm³/mol. The first-order valence-corrected chi connectivity index (χ1v) is 6.93. The standard InChI is InChI=1S/C14H24O3/c1-16-9-6-10-17-13-11-12(15)14(13)7-4-2-3-5-8-14/h13H,2-11H2,1H3. The van der Waals surface area contributed by atoms with E-state index in [0.29, 0.717) is 12.2 Å². The fourth-order valence-corrected chi connectivity index (χ4v) is 3.22. The van der Waals surface area contributed by atoms with Crippen LogP contribution in [-0.4, -0.2) is 32.2 Å². The summed E-state index contributed by atoms with van der Waals surface area (Å²) in [5, 5.41) is 0. The van der Waals surface area contributed by atoms with E-state index < -0.39 is 0 Å². The van der Waals surface area contributed by atoms with Crippen molar-refractivity contribution in [2.75, 3.05) is 20.3 Å². The first-order chi connectivity index (χ1) is 8.29. The zero-order chi connectivity index (χ0) is 12.1. The van der Waals surface area contributed by atoms with E-state index in [0.717, 1.165) is 32.5 Å². The van der Waals surface area contributed by atoms with Crippen molar-refractivity contribution in [2.24, 2.45) is 5.41 Å². The van der Waals surface area contributed by atoms with Gasteiger partial charge in [-0.3, -0.25) is 4.79 Å². The molecule has 2 fully saturated rings. The van der Waals surface area contributed by atoms with Gasteiger partial charge in [-0.25, -0.2) is 0 Å². The topological polar surface area (TPSA) is 35.5 Å². The van der Waals surface area contributed by atoms with E-state index in [1.54, 1.807) is 7.11 Å². The van der Waals surface area contributed by atoms with Crippen LogP contribution in [0.1, 0.15) is 51.4 Å². The molecule has 0 aliphatic heterocycles. The van der Waals surface area contributed by atoms with Crippen molar-refractivity contribution in [2.45, 2.75) is 57.5 Å². The number of methoxy groups -OCH3 is 1. The maximum Gasteiger partial charge on any atom is 0.144 e. The predicted octanol–water partition coefficient (Wildman–Crippen LogP) is 2.72. The summed E-state index contributed by atoms with van der Waals surface area (Å²) >= 11 is 0. The van der Waals surface area contributed by atoms with Crippen LogP contribution in [0.2, 0.25) is 0 Å². The highest BCUT2D eigenvalue weighted by atomic mass is 16.5. The van der Waals surface area contributed by atoms with E-state index in [1.165, 1.54) is 25.7 Å². The highest BCUT2D eigenvalue weighted by Gasteiger charge is 2.54. The number of Topliss-reactive ketones (excluding diaryl/α,β-unsaturated/α-hetero) is 1. The van der Waals surface area contributed by atoms with Crippen LogP contribution in [0.5, 0.6) is 0 Å². The first kappa shape index (κ1) is 13.0. The van der Waals surface area contributed by atoms with Crippen LogP contribution in [-0.2, 0) is 14.3 Å². The van der Waals surface area contributed by atoms with Gasteiger partial charge < -0.3 is 9.47 Å². The van der Waals surface area contributed by atoms with Gasteiger partial charge in [0.05, 0.1) is 11.5 Å². The largest absolute Gasteiger partial charge is 0.385 e. The van der Waals surface area contributed by atoms with Crippen molar-refractivity contribution in [3.05, 3.63) is 0 Å². The third-order valence-electron chi connectivity index (χ3n) is 4.35. The molecule has 3 nitrogen and oxygen atoms in total. The van der Waals surface area contributed by atoms with E-state index in [4.69, 9.17) is 9.47 Å². The summed E-state index contributed by atoms with van der Waals surface area (Å²) in [4.78, 5) is 12.0. The molecule has 3 heteroatoms. The Morgan fingerprint density at radius 2 is 1.88 bits per heavy atom. The number of carbonyl (C=O) groups excluding carboxylic acids is 1. The molecule has 1 atom stereocenters. The average Bonchev–Trinajstić information content (AvgIpc) is 2.60. The molecule has 1 unspecified atom stereocenters. The molecule has 0 heterocycles. The lowest BCUT2D eigenvalue weighted by atomic mass is 9.60. The van der Waals surface area contributed by atoms with Gasteiger partial charge in [-0.15, -0.1) is 0 Å². The van der Waals surface area contributed by atoms with Crippen LogP contribution in [0, 0.1) is 5.41 Å². The average molecular weight is 240 g/mol. The van der Waals surface area contributed by atoms with Gasteiger partial charge in [0.25, 0.3) is 0 Å². The summed E-state index contributed by atoms with van der Waals surface area (Å²) in [6.45, 7) is 1.47. The number of ether oxygens (including phenoxy) is 2. The van der Waals surface area contributed by atoms with Crippen LogP contribution in [0.15, 0.2) is 0 Å². The molecule has 0 aromatic carbocycles. The minimum atomic E-state index is -0.0937. The third-order valence-corrected chi connectivity index (χ3v) is 4.35. The Kier molecular flexibility index (Phi) is 4.57. The molecule has 0 aromatic heterocycles. The molecular weight excluding hydrogens is 216 g/mol. The molecule has 0 amide bonds. The monoisotopic (exact) mass is 240 g/mol. The van der Waals surface area contributed by atoms with Gasteiger partial charge >= 0.3 is 0 Å². The van der Waals surface area contributed by atoms with Crippen molar-refractivity contribution >= 4 is 5.78 Å². The fourth-order valence-electron chi connectivity index (χ4n) is 3.22. The summed E-state index contributed by atoms with van der Waals surface area (Å²) in [6, 6.07) is 0. The van der Waals surface area contributed by atoms with Crippen LogP contribution in [0.3, 0.4) is 0 Å². The number of hydrogen-bond donors (Lipinski definition) is 0. The van der Waals surface area contributed by atoms with Crippen LogP contribution < -0.4 is 0 Å². The van der Waals surface area contributed by atoms with Crippen molar-refractivity contribution < 1.29 is 14.3 Å². The quantitative estimate of drug-likeness (QED) is 0.693. The smallest absolute Gasteiger partial charge is 0.144 e. The van der Waals surface area contributed by atoms with Gasteiger partial charge in [0.15, 0.2) is 0 Å². The van der Waals surface area contributed by atoms with Crippen molar-refractivity contribution in [1.29, 1.82) is 0 Å². The second kappa shape index (κ2) is 5.96. The van der Waals surface area contributed by atoms with Crippen molar-refractivity contribution in [1.82, 2.24) is 0 Å². The van der Waals surface area contributed by atoms with E-state index in [1.807, 2.05) is 0 Å². The van der Waals surface area contributed by atoms with E-state index in [2.05, 4.69) is 0 Å². The molecule has 0 bridgehead atoms. The molecule has 98 valence electrons. The van der Waals surface area contributed by atoms with Crippen LogP contribution >= 0.6 is 0 Å². The molecule has 2 aliphatic carbocycles. The van der Waals surface area contributed by atoms with Gasteiger partial charge in [-0.2, -0.15) is 0 Å². The van der Waals surface area contributed by atoms with Crippen LogP contribution in [0.25, 0.3) is 0 Å². The Morgan fingerprint density at radius 3 is 2.47 bits per heavy atom. The molecule has 2 saturated carbocycles.